The lowest BCUT2D eigenvalue weighted by molar-refractivity contribution is 0.0956. The maximum atomic E-state index is 12.2. The first-order chi connectivity index (χ1) is 11.3. The Hall–Kier alpha value is -2.66. The quantitative estimate of drug-likeness (QED) is 0.779. The lowest BCUT2D eigenvalue weighted by Gasteiger charge is -2.08. The Morgan fingerprint density at radius 2 is 2.04 bits per heavy atom. The highest BCUT2D eigenvalue weighted by Gasteiger charge is 2.21. The summed E-state index contributed by atoms with van der Waals surface area (Å²) < 4.78 is 2.15. The van der Waals surface area contributed by atoms with Crippen molar-refractivity contribution in [2.45, 2.75) is 13.1 Å². The number of hydrogen-bond acceptors (Lipinski definition) is 3. The highest BCUT2D eigenvalue weighted by molar-refractivity contribution is 6.06. The SMILES string of the molecule is CNCc1ccc(-c2nc3cccc4c3n2CCNC4=O)cc1. The molecule has 116 valence electrons. The van der Waals surface area contributed by atoms with Crippen molar-refractivity contribution in [3.05, 3.63) is 53.6 Å². The van der Waals surface area contributed by atoms with Crippen LogP contribution >= 0.6 is 0 Å². The smallest absolute Gasteiger partial charge is 0.253 e. The molecular weight excluding hydrogens is 288 g/mol. The van der Waals surface area contributed by atoms with E-state index in [1.807, 2.05) is 25.2 Å². The molecule has 0 aliphatic carbocycles. The minimum absolute atomic E-state index is 0.0230. The van der Waals surface area contributed by atoms with Crippen LogP contribution in [0.4, 0.5) is 0 Å². The van der Waals surface area contributed by atoms with E-state index in [1.54, 1.807) is 0 Å². The summed E-state index contributed by atoms with van der Waals surface area (Å²) in [6.45, 7) is 2.19. The summed E-state index contributed by atoms with van der Waals surface area (Å²) in [5, 5.41) is 6.10. The maximum absolute atomic E-state index is 12.2. The second-order valence-corrected chi connectivity index (χ2v) is 5.74. The molecule has 0 unspecified atom stereocenters. The fourth-order valence-corrected chi connectivity index (χ4v) is 3.16. The molecule has 2 heterocycles. The Balaban J connectivity index is 1.89. The van der Waals surface area contributed by atoms with Gasteiger partial charge in [0.2, 0.25) is 0 Å². The van der Waals surface area contributed by atoms with E-state index in [0.29, 0.717) is 12.1 Å². The van der Waals surface area contributed by atoms with Gasteiger partial charge in [-0.25, -0.2) is 4.98 Å². The molecule has 0 radical (unpaired) electrons. The van der Waals surface area contributed by atoms with E-state index in [-0.39, 0.29) is 5.91 Å². The summed E-state index contributed by atoms with van der Waals surface area (Å²) in [6.07, 6.45) is 0. The largest absolute Gasteiger partial charge is 0.350 e. The zero-order chi connectivity index (χ0) is 15.8. The first kappa shape index (κ1) is 14.0. The highest BCUT2D eigenvalue weighted by Crippen LogP contribution is 2.28. The van der Waals surface area contributed by atoms with Crippen LogP contribution in [0.15, 0.2) is 42.5 Å². The van der Waals surface area contributed by atoms with E-state index < -0.39 is 0 Å². The number of rotatable bonds is 3. The number of para-hydroxylation sites is 1. The van der Waals surface area contributed by atoms with Gasteiger partial charge in [0.15, 0.2) is 0 Å². The van der Waals surface area contributed by atoms with Gasteiger partial charge in [0.05, 0.1) is 16.6 Å². The fraction of sp³-hybridized carbons (Fsp3) is 0.222. The van der Waals surface area contributed by atoms with Crippen molar-refractivity contribution in [2.24, 2.45) is 0 Å². The third kappa shape index (κ3) is 2.29. The summed E-state index contributed by atoms with van der Waals surface area (Å²) in [4.78, 5) is 17.0. The number of imidazole rings is 1. The van der Waals surface area contributed by atoms with Gasteiger partial charge in [-0.1, -0.05) is 30.3 Å². The van der Waals surface area contributed by atoms with Crippen LogP contribution in [-0.4, -0.2) is 29.1 Å². The summed E-state index contributed by atoms with van der Waals surface area (Å²) >= 11 is 0. The van der Waals surface area contributed by atoms with Crippen molar-refractivity contribution in [2.75, 3.05) is 13.6 Å². The summed E-state index contributed by atoms with van der Waals surface area (Å²) in [5.41, 5.74) is 4.80. The van der Waals surface area contributed by atoms with Gasteiger partial charge in [0.1, 0.15) is 5.82 Å². The number of aromatic nitrogens is 2. The number of nitrogens with zero attached hydrogens (tertiary/aromatic N) is 2. The van der Waals surface area contributed by atoms with Crippen molar-refractivity contribution in [3.8, 4) is 11.4 Å². The molecule has 0 spiro atoms. The predicted molar refractivity (Wildman–Crippen MR) is 90.3 cm³/mol. The Labute approximate surface area is 134 Å². The Kier molecular flexibility index (Phi) is 3.35. The van der Waals surface area contributed by atoms with Crippen LogP contribution in [0, 0.1) is 0 Å². The molecule has 1 aliphatic heterocycles. The van der Waals surface area contributed by atoms with Gasteiger partial charge in [-0.2, -0.15) is 0 Å². The van der Waals surface area contributed by atoms with Gasteiger partial charge in [0.25, 0.3) is 5.91 Å². The average Bonchev–Trinajstić information content (AvgIpc) is 2.85. The second-order valence-electron chi connectivity index (χ2n) is 5.74. The molecule has 1 amide bonds. The minimum Gasteiger partial charge on any atom is -0.350 e. The van der Waals surface area contributed by atoms with Crippen LogP contribution in [-0.2, 0) is 13.1 Å². The molecular formula is C18H18N4O. The zero-order valence-corrected chi connectivity index (χ0v) is 13.0. The van der Waals surface area contributed by atoms with Gasteiger partial charge < -0.3 is 15.2 Å². The van der Waals surface area contributed by atoms with Crippen molar-refractivity contribution in [3.63, 3.8) is 0 Å². The van der Waals surface area contributed by atoms with Crippen LogP contribution in [0.1, 0.15) is 15.9 Å². The van der Waals surface area contributed by atoms with Crippen molar-refractivity contribution < 1.29 is 4.79 Å². The van der Waals surface area contributed by atoms with Gasteiger partial charge >= 0.3 is 0 Å². The topological polar surface area (TPSA) is 59.0 Å². The van der Waals surface area contributed by atoms with E-state index >= 15 is 0 Å². The van der Waals surface area contributed by atoms with E-state index in [4.69, 9.17) is 4.98 Å². The molecule has 5 heteroatoms. The van der Waals surface area contributed by atoms with E-state index in [2.05, 4.69) is 39.5 Å². The van der Waals surface area contributed by atoms with Crippen molar-refractivity contribution >= 4 is 16.9 Å². The third-order valence-electron chi connectivity index (χ3n) is 4.23. The Morgan fingerprint density at radius 3 is 2.83 bits per heavy atom. The second kappa shape index (κ2) is 5.52. The number of carbonyl (C=O) groups is 1. The van der Waals surface area contributed by atoms with E-state index in [9.17, 15) is 4.79 Å². The molecule has 5 nitrogen and oxygen atoms in total. The first-order valence-corrected chi connectivity index (χ1v) is 7.79. The highest BCUT2D eigenvalue weighted by atomic mass is 16.1. The molecule has 0 bridgehead atoms. The van der Waals surface area contributed by atoms with Gasteiger partial charge in [-0.3, -0.25) is 4.79 Å². The number of nitrogens with one attached hydrogen (secondary N) is 2. The first-order valence-electron chi connectivity index (χ1n) is 7.79. The van der Waals surface area contributed by atoms with Crippen LogP contribution in [0.3, 0.4) is 0 Å². The van der Waals surface area contributed by atoms with Crippen molar-refractivity contribution in [1.82, 2.24) is 20.2 Å². The molecule has 3 aromatic rings. The number of hydrogen-bond donors (Lipinski definition) is 2. The van der Waals surface area contributed by atoms with Crippen LogP contribution < -0.4 is 10.6 Å². The van der Waals surface area contributed by atoms with E-state index in [1.165, 1.54) is 5.56 Å². The van der Waals surface area contributed by atoms with Gasteiger partial charge in [0, 0.05) is 25.2 Å². The molecule has 2 N–H and O–H groups in total. The summed E-state index contributed by atoms with van der Waals surface area (Å²) in [5.74, 6) is 0.894. The maximum Gasteiger partial charge on any atom is 0.253 e. The average molecular weight is 306 g/mol. The fourth-order valence-electron chi connectivity index (χ4n) is 3.16. The predicted octanol–water partition coefficient (Wildman–Crippen LogP) is 2.17. The molecule has 1 aliphatic rings. The van der Waals surface area contributed by atoms with Crippen LogP contribution in [0.25, 0.3) is 22.4 Å². The van der Waals surface area contributed by atoms with Gasteiger partial charge in [-0.15, -0.1) is 0 Å². The zero-order valence-electron chi connectivity index (χ0n) is 13.0. The van der Waals surface area contributed by atoms with Crippen LogP contribution in [0.2, 0.25) is 0 Å². The molecule has 1 aromatic heterocycles. The van der Waals surface area contributed by atoms with Gasteiger partial charge in [-0.05, 0) is 24.7 Å². The van der Waals surface area contributed by atoms with E-state index in [0.717, 1.165) is 35.5 Å². The lowest BCUT2D eigenvalue weighted by Crippen LogP contribution is -2.24. The summed E-state index contributed by atoms with van der Waals surface area (Å²) in [6, 6.07) is 14.1. The minimum atomic E-state index is -0.0230. The molecule has 0 fully saturated rings. The molecule has 23 heavy (non-hydrogen) atoms. The Bertz CT molecular complexity index is 880. The molecule has 0 saturated carbocycles. The Morgan fingerprint density at radius 1 is 1.22 bits per heavy atom. The number of benzene rings is 2. The number of carbonyl (C=O) groups excluding carboxylic acids is 1. The standard InChI is InChI=1S/C18H18N4O/c1-19-11-12-5-7-13(8-6-12)17-21-15-4-2-3-14-16(15)22(17)10-9-20-18(14)23/h2-8,19H,9-11H2,1H3,(H,20,23). The molecule has 0 atom stereocenters. The molecule has 2 aromatic carbocycles. The van der Waals surface area contributed by atoms with Crippen LogP contribution in [0.5, 0.6) is 0 Å². The third-order valence-corrected chi connectivity index (χ3v) is 4.23. The summed E-state index contributed by atoms with van der Waals surface area (Å²) in [7, 11) is 1.94. The monoisotopic (exact) mass is 306 g/mol. The molecule has 4 rings (SSSR count). The molecule has 0 saturated heterocycles. The normalized spacial score (nSPS) is 13.9. The lowest BCUT2D eigenvalue weighted by atomic mass is 10.1. The van der Waals surface area contributed by atoms with Crippen molar-refractivity contribution in [1.29, 1.82) is 0 Å². The number of amides is 1.